The summed E-state index contributed by atoms with van der Waals surface area (Å²) >= 11 is 0. The van der Waals surface area contributed by atoms with Gasteiger partial charge in [0.2, 0.25) is 0 Å². The molecule has 16 heavy (non-hydrogen) atoms. The van der Waals surface area contributed by atoms with Gasteiger partial charge in [-0.15, -0.1) is 10.2 Å². The zero-order valence-corrected chi connectivity index (χ0v) is 7.72. The maximum absolute atomic E-state index is 11.9. The van der Waals surface area contributed by atoms with Crippen molar-refractivity contribution in [2.24, 2.45) is 0 Å². The zero-order valence-electron chi connectivity index (χ0n) is 7.72. The average molecular weight is 240 g/mol. The number of aliphatic hydroxyl groups excluding tert-OH is 1. The number of carbonyl (C=O) groups is 1. The molecule has 0 spiro atoms. The number of hydrogen-bond acceptors (Lipinski definition) is 5. The van der Waals surface area contributed by atoms with Crippen LogP contribution in [0.25, 0.3) is 0 Å². The van der Waals surface area contributed by atoms with Gasteiger partial charge in [0.1, 0.15) is 6.42 Å². The number of carboxylic acid groups (broad SMARTS) is 1. The van der Waals surface area contributed by atoms with Crippen LogP contribution in [0.4, 0.5) is 13.2 Å². The van der Waals surface area contributed by atoms with Gasteiger partial charge in [0.25, 0.3) is 0 Å². The van der Waals surface area contributed by atoms with Gasteiger partial charge in [-0.2, -0.15) is 18.0 Å². The van der Waals surface area contributed by atoms with Crippen molar-refractivity contribution in [3.8, 4) is 0 Å². The normalized spacial score (nSPS) is 13.8. The van der Waals surface area contributed by atoms with Crippen LogP contribution in [0.2, 0.25) is 0 Å². The second kappa shape index (κ2) is 4.43. The first-order valence-electron chi connectivity index (χ1n) is 4.02. The first-order valence-corrected chi connectivity index (χ1v) is 4.02. The van der Waals surface area contributed by atoms with Crippen LogP contribution in [0.15, 0.2) is 0 Å². The molecule has 1 aromatic heterocycles. The van der Waals surface area contributed by atoms with Gasteiger partial charge >= 0.3 is 12.1 Å². The highest BCUT2D eigenvalue weighted by atomic mass is 19.4. The van der Waals surface area contributed by atoms with Crippen LogP contribution in [0.1, 0.15) is 5.82 Å². The summed E-state index contributed by atoms with van der Waals surface area (Å²) in [7, 11) is 0. The molecular formula is C6H7F3N4O3. The van der Waals surface area contributed by atoms with Gasteiger partial charge < -0.3 is 10.2 Å². The molecule has 90 valence electrons. The molecule has 0 aliphatic heterocycles. The molecule has 0 fully saturated rings. The Hall–Kier alpha value is -1.71. The molecular weight excluding hydrogens is 233 g/mol. The van der Waals surface area contributed by atoms with Gasteiger partial charge in [-0.1, -0.05) is 0 Å². The van der Waals surface area contributed by atoms with Crippen molar-refractivity contribution in [3.05, 3.63) is 5.82 Å². The van der Waals surface area contributed by atoms with E-state index in [0.717, 1.165) is 0 Å². The highest BCUT2D eigenvalue weighted by molar-refractivity contribution is 5.68. The third kappa shape index (κ3) is 3.46. The van der Waals surface area contributed by atoms with Crippen LogP contribution in [0.5, 0.6) is 0 Å². The first kappa shape index (κ1) is 12.4. The molecule has 0 bridgehead atoms. The molecule has 0 amide bonds. The summed E-state index contributed by atoms with van der Waals surface area (Å²) < 4.78 is 35.8. The third-order valence-corrected chi connectivity index (χ3v) is 1.52. The van der Waals surface area contributed by atoms with E-state index in [2.05, 4.69) is 15.4 Å². The number of tetrazole rings is 1. The fourth-order valence-corrected chi connectivity index (χ4v) is 0.818. The van der Waals surface area contributed by atoms with Crippen molar-refractivity contribution in [3.63, 3.8) is 0 Å². The number of nitrogens with zero attached hydrogens (tertiary/aromatic N) is 4. The molecule has 10 heteroatoms. The van der Waals surface area contributed by atoms with Crippen molar-refractivity contribution in [2.45, 2.75) is 25.2 Å². The Labute approximate surface area is 86.5 Å². The van der Waals surface area contributed by atoms with Gasteiger partial charge in [0, 0.05) is 0 Å². The Morgan fingerprint density at radius 3 is 2.62 bits per heavy atom. The Kier molecular flexibility index (Phi) is 3.42. The summed E-state index contributed by atoms with van der Waals surface area (Å²) in [6, 6.07) is 0. The van der Waals surface area contributed by atoms with Crippen molar-refractivity contribution in [1.82, 2.24) is 20.2 Å². The highest BCUT2D eigenvalue weighted by Crippen LogP contribution is 2.20. The lowest BCUT2D eigenvalue weighted by Gasteiger charge is -2.12. The Morgan fingerprint density at radius 1 is 1.50 bits per heavy atom. The number of aliphatic carboxylic acids is 1. The molecule has 2 N–H and O–H groups in total. The van der Waals surface area contributed by atoms with Crippen LogP contribution in [-0.4, -0.2) is 48.7 Å². The molecule has 0 aliphatic carbocycles. The average Bonchev–Trinajstić information content (AvgIpc) is 2.49. The fraction of sp³-hybridized carbons (Fsp3) is 0.667. The number of carboxylic acids is 1. The van der Waals surface area contributed by atoms with Gasteiger partial charge in [-0.25, -0.2) is 0 Å². The predicted molar refractivity (Wildman–Crippen MR) is 41.2 cm³/mol. The summed E-state index contributed by atoms with van der Waals surface area (Å²) in [4.78, 5) is 10.7. The molecule has 0 aromatic carbocycles. The molecule has 0 saturated carbocycles. The maximum Gasteiger partial charge on any atom is 0.416 e. The molecule has 0 saturated heterocycles. The SMILES string of the molecule is O=C(O)Cc1nnn(CC(O)C(F)(F)F)n1. The van der Waals surface area contributed by atoms with E-state index < -0.39 is 31.2 Å². The van der Waals surface area contributed by atoms with E-state index in [1.165, 1.54) is 0 Å². The van der Waals surface area contributed by atoms with Crippen LogP contribution in [0, 0.1) is 0 Å². The van der Waals surface area contributed by atoms with E-state index in [1.54, 1.807) is 0 Å². The van der Waals surface area contributed by atoms with Crippen LogP contribution in [0.3, 0.4) is 0 Å². The topological polar surface area (TPSA) is 101 Å². The molecule has 1 atom stereocenters. The third-order valence-electron chi connectivity index (χ3n) is 1.52. The number of rotatable bonds is 4. The van der Waals surface area contributed by atoms with Gasteiger partial charge in [-0.3, -0.25) is 4.79 Å². The quantitative estimate of drug-likeness (QED) is 0.716. The molecule has 1 aromatic rings. The van der Waals surface area contributed by atoms with Crippen LogP contribution >= 0.6 is 0 Å². The lowest BCUT2D eigenvalue weighted by atomic mass is 10.3. The lowest BCUT2D eigenvalue weighted by molar-refractivity contribution is -0.208. The smallest absolute Gasteiger partial charge is 0.416 e. The van der Waals surface area contributed by atoms with Crippen molar-refractivity contribution in [1.29, 1.82) is 0 Å². The van der Waals surface area contributed by atoms with Crippen molar-refractivity contribution in [2.75, 3.05) is 0 Å². The Balaban J connectivity index is 2.62. The molecule has 1 heterocycles. The molecule has 1 unspecified atom stereocenters. The second-order valence-corrected chi connectivity index (χ2v) is 2.89. The van der Waals surface area contributed by atoms with E-state index >= 15 is 0 Å². The molecule has 0 radical (unpaired) electrons. The number of halogens is 3. The minimum Gasteiger partial charge on any atom is -0.481 e. The van der Waals surface area contributed by atoms with Gasteiger partial charge in [-0.05, 0) is 5.21 Å². The predicted octanol–water partition coefficient (Wildman–Crippen LogP) is -0.777. The lowest BCUT2D eigenvalue weighted by Crippen LogP contribution is -2.33. The van der Waals surface area contributed by atoms with E-state index in [1.807, 2.05) is 0 Å². The zero-order chi connectivity index (χ0) is 12.3. The number of alkyl halides is 3. The van der Waals surface area contributed by atoms with Crippen LogP contribution < -0.4 is 0 Å². The fourth-order valence-electron chi connectivity index (χ4n) is 0.818. The van der Waals surface area contributed by atoms with Crippen molar-refractivity contribution < 1.29 is 28.2 Å². The van der Waals surface area contributed by atoms with Gasteiger partial charge in [0.15, 0.2) is 11.9 Å². The molecule has 0 aliphatic rings. The Morgan fingerprint density at radius 2 is 2.12 bits per heavy atom. The number of hydrogen-bond donors (Lipinski definition) is 2. The summed E-state index contributed by atoms with van der Waals surface area (Å²) in [5.74, 6) is -1.45. The van der Waals surface area contributed by atoms with E-state index in [4.69, 9.17) is 10.2 Å². The minimum absolute atomic E-state index is 0.220. The number of aliphatic hydroxyl groups is 1. The largest absolute Gasteiger partial charge is 0.481 e. The summed E-state index contributed by atoms with van der Waals surface area (Å²) in [5.41, 5.74) is 0. The van der Waals surface area contributed by atoms with Crippen LogP contribution in [-0.2, 0) is 17.8 Å². The summed E-state index contributed by atoms with van der Waals surface area (Å²) in [6.45, 7) is -0.921. The van der Waals surface area contributed by atoms with Gasteiger partial charge in [0.05, 0.1) is 6.54 Å². The second-order valence-electron chi connectivity index (χ2n) is 2.89. The molecule has 7 nitrogen and oxygen atoms in total. The van der Waals surface area contributed by atoms with E-state index in [-0.39, 0.29) is 5.82 Å². The number of aromatic nitrogens is 4. The maximum atomic E-state index is 11.9. The minimum atomic E-state index is -4.78. The van der Waals surface area contributed by atoms with E-state index in [0.29, 0.717) is 4.80 Å². The Bertz CT molecular complexity index is 377. The van der Waals surface area contributed by atoms with E-state index in [9.17, 15) is 18.0 Å². The highest BCUT2D eigenvalue weighted by Gasteiger charge is 2.38. The summed E-state index contributed by atoms with van der Waals surface area (Å²) in [5, 5.41) is 26.7. The summed E-state index contributed by atoms with van der Waals surface area (Å²) in [6.07, 6.45) is -7.93. The monoisotopic (exact) mass is 240 g/mol. The van der Waals surface area contributed by atoms with Crippen molar-refractivity contribution >= 4 is 5.97 Å². The molecule has 1 rings (SSSR count). The standard InChI is InChI=1S/C6H7F3N4O3/c7-6(8,9)3(14)2-13-11-4(10-12-13)1-5(15)16/h3,14H,1-2H2,(H,15,16). The first-order chi connectivity index (χ1) is 7.29.